The molecular formula is C22H27ClN4O2. The monoisotopic (exact) mass is 414 g/mol. The van der Waals surface area contributed by atoms with Crippen LogP contribution in [0.2, 0.25) is 5.02 Å². The van der Waals surface area contributed by atoms with Crippen molar-refractivity contribution in [3.8, 4) is 11.3 Å². The lowest BCUT2D eigenvalue weighted by atomic mass is 9.92. The van der Waals surface area contributed by atoms with Gasteiger partial charge in [-0.05, 0) is 50.4 Å². The Morgan fingerprint density at radius 1 is 1.28 bits per heavy atom. The van der Waals surface area contributed by atoms with Gasteiger partial charge in [-0.25, -0.2) is 4.98 Å². The summed E-state index contributed by atoms with van der Waals surface area (Å²) >= 11 is 6.43. The molecular weight excluding hydrogens is 388 g/mol. The predicted octanol–water partition coefficient (Wildman–Crippen LogP) is 3.50. The minimum Gasteiger partial charge on any atom is -0.381 e. The second kappa shape index (κ2) is 9.65. The number of piperidine rings is 1. The van der Waals surface area contributed by atoms with Crippen LogP contribution in [-0.2, 0) is 16.0 Å². The van der Waals surface area contributed by atoms with Gasteiger partial charge in [0, 0.05) is 55.6 Å². The Hall–Kier alpha value is -2.02. The molecule has 4 heterocycles. The molecule has 2 aromatic rings. The van der Waals surface area contributed by atoms with Crippen LogP contribution in [0.15, 0.2) is 30.5 Å². The van der Waals surface area contributed by atoms with Crippen molar-refractivity contribution >= 4 is 23.2 Å². The summed E-state index contributed by atoms with van der Waals surface area (Å²) in [5.41, 5.74) is 2.33. The smallest absolute Gasteiger partial charge is 0.143 e. The highest BCUT2D eigenvalue weighted by Gasteiger charge is 2.22. The Morgan fingerprint density at radius 3 is 2.93 bits per heavy atom. The van der Waals surface area contributed by atoms with Crippen LogP contribution >= 0.6 is 11.6 Å². The fourth-order valence-corrected chi connectivity index (χ4v) is 4.14. The number of nitrogens with one attached hydrogen (secondary N) is 2. The van der Waals surface area contributed by atoms with Crippen molar-refractivity contribution in [1.82, 2.24) is 15.3 Å². The number of Topliss-reactive ketones (excluding diaryl/α,β-unsaturated/α-hetero) is 1. The zero-order valence-corrected chi connectivity index (χ0v) is 17.3. The summed E-state index contributed by atoms with van der Waals surface area (Å²) in [5.74, 6) is 1.14. The van der Waals surface area contributed by atoms with E-state index < -0.39 is 0 Å². The number of ketones is 1. The number of carbonyl (C=O) groups is 1. The van der Waals surface area contributed by atoms with Crippen molar-refractivity contribution in [2.45, 2.75) is 38.1 Å². The average Bonchev–Trinajstić information content (AvgIpc) is 2.76. The first-order chi connectivity index (χ1) is 14.2. The van der Waals surface area contributed by atoms with Crippen LogP contribution in [0.1, 0.15) is 31.4 Å². The van der Waals surface area contributed by atoms with Gasteiger partial charge in [-0.3, -0.25) is 9.78 Å². The Bertz CT molecular complexity index is 848. The number of ether oxygens (including phenoxy) is 1. The summed E-state index contributed by atoms with van der Waals surface area (Å²) in [7, 11) is 0. The zero-order valence-electron chi connectivity index (χ0n) is 16.5. The van der Waals surface area contributed by atoms with Crippen molar-refractivity contribution < 1.29 is 9.53 Å². The average molecular weight is 415 g/mol. The van der Waals surface area contributed by atoms with Gasteiger partial charge in [0.15, 0.2) is 0 Å². The standard InChI is InChI=1S/C22H27ClN4O2/c23-19-14-25-17(12-21(28)15-3-2-8-24-13-15)11-18(19)20-4-1-5-22(27-20)26-16-6-9-29-10-7-16/h1,4-5,11,14-16,24H,2-3,6-10,12-13H2,(H,26,27)/t15-/m1/s1. The van der Waals surface area contributed by atoms with Gasteiger partial charge in [-0.2, -0.15) is 0 Å². The number of anilines is 1. The number of pyridine rings is 2. The van der Waals surface area contributed by atoms with Gasteiger partial charge in [0.05, 0.1) is 10.7 Å². The van der Waals surface area contributed by atoms with Gasteiger partial charge >= 0.3 is 0 Å². The summed E-state index contributed by atoms with van der Waals surface area (Å²) < 4.78 is 5.42. The summed E-state index contributed by atoms with van der Waals surface area (Å²) in [5, 5.41) is 7.33. The second-order valence-electron chi connectivity index (χ2n) is 7.78. The van der Waals surface area contributed by atoms with Gasteiger partial charge in [-0.15, -0.1) is 0 Å². The van der Waals surface area contributed by atoms with Crippen LogP contribution in [0.3, 0.4) is 0 Å². The van der Waals surface area contributed by atoms with E-state index in [1.165, 1.54) is 0 Å². The molecule has 0 amide bonds. The Kier molecular flexibility index (Phi) is 6.74. The molecule has 1 atom stereocenters. The summed E-state index contributed by atoms with van der Waals surface area (Å²) in [6.07, 6.45) is 5.91. The SMILES string of the molecule is O=C(Cc1cc(-c2cccc(NC3CCOCC3)n2)c(Cl)cn1)[C@@H]1CCCNC1. The Balaban J connectivity index is 1.49. The molecule has 0 saturated carbocycles. The van der Waals surface area contributed by atoms with E-state index in [9.17, 15) is 4.79 Å². The van der Waals surface area contributed by atoms with Crippen LogP contribution in [0.5, 0.6) is 0 Å². The molecule has 0 radical (unpaired) electrons. The fraction of sp³-hybridized carbons (Fsp3) is 0.500. The number of nitrogens with zero attached hydrogens (tertiary/aromatic N) is 2. The summed E-state index contributed by atoms with van der Waals surface area (Å²) in [6.45, 7) is 3.32. The van der Waals surface area contributed by atoms with E-state index in [-0.39, 0.29) is 11.7 Å². The van der Waals surface area contributed by atoms with Crippen LogP contribution in [0, 0.1) is 5.92 Å². The minimum absolute atomic E-state index is 0.0785. The number of hydrogen-bond donors (Lipinski definition) is 2. The molecule has 2 aliphatic rings. The predicted molar refractivity (Wildman–Crippen MR) is 114 cm³/mol. The third-order valence-electron chi connectivity index (χ3n) is 5.62. The van der Waals surface area contributed by atoms with Gasteiger partial charge in [0.2, 0.25) is 0 Å². The highest BCUT2D eigenvalue weighted by molar-refractivity contribution is 6.33. The molecule has 0 spiro atoms. The lowest BCUT2D eigenvalue weighted by Crippen LogP contribution is -2.35. The van der Waals surface area contributed by atoms with Gasteiger partial charge in [0.25, 0.3) is 0 Å². The van der Waals surface area contributed by atoms with E-state index in [2.05, 4.69) is 15.6 Å². The van der Waals surface area contributed by atoms with E-state index >= 15 is 0 Å². The number of aromatic nitrogens is 2. The van der Waals surface area contributed by atoms with Gasteiger partial charge in [-0.1, -0.05) is 17.7 Å². The Labute approximate surface area is 176 Å². The van der Waals surface area contributed by atoms with Crippen molar-refractivity contribution in [1.29, 1.82) is 0 Å². The molecule has 6 nitrogen and oxygen atoms in total. The lowest BCUT2D eigenvalue weighted by Gasteiger charge is -2.23. The van der Waals surface area contributed by atoms with Crippen molar-refractivity contribution in [2.75, 3.05) is 31.6 Å². The molecule has 2 aliphatic heterocycles. The van der Waals surface area contributed by atoms with Crippen LogP contribution in [0.4, 0.5) is 5.82 Å². The van der Waals surface area contributed by atoms with E-state index in [1.54, 1.807) is 6.20 Å². The van der Waals surface area contributed by atoms with Gasteiger partial charge in [0.1, 0.15) is 11.6 Å². The summed E-state index contributed by atoms with van der Waals surface area (Å²) in [6, 6.07) is 8.15. The van der Waals surface area contributed by atoms with Crippen molar-refractivity contribution in [3.05, 3.63) is 41.2 Å². The topological polar surface area (TPSA) is 76.1 Å². The second-order valence-corrected chi connectivity index (χ2v) is 8.19. The highest BCUT2D eigenvalue weighted by atomic mass is 35.5. The fourth-order valence-electron chi connectivity index (χ4n) is 3.94. The van der Waals surface area contributed by atoms with E-state index in [0.29, 0.717) is 17.5 Å². The molecule has 2 aromatic heterocycles. The first kappa shape index (κ1) is 20.3. The molecule has 154 valence electrons. The third kappa shape index (κ3) is 5.32. The minimum atomic E-state index is 0.0785. The maximum absolute atomic E-state index is 12.6. The largest absolute Gasteiger partial charge is 0.381 e. The number of rotatable bonds is 6. The molecule has 2 fully saturated rings. The Morgan fingerprint density at radius 2 is 2.14 bits per heavy atom. The molecule has 4 rings (SSSR count). The molecule has 2 saturated heterocycles. The number of halogens is 1. The van der Waals surface area contributed by atoms with E-state index in [4.69, 9.17) is 21.3 Å². The first-order valence-corrected chi connectivity index (χ1v) is 10.8. The molecule has 0 bridgehead atoms. The van der Waals surface area contributed by atoms with Crippen LogP contribution in [-0.4, -0.2) is 48.1 Å². The molecule has 2 N–H and O–H groups in total. The maximum atomic E-state index is 12.6. The quantitative estimate of drug-likeness (QED) is 0.753. The maximum Gasteiger partial charge on any atom is 0.143 e. The van der Waals surface area contributed by atoms with Gasteiger partial charge < -0.3 is 15.4 Å². The lowest BCUT2D eigenvalue weighted by molar-refractivity contribution is -0.122. The zero-order chi connectivity index (χ0) is 20.1. The number of hydrogen-bond acceptors (Lipinski definition) is 6. The molecule has 0 unspecified atom stereocenters. The van der Waals surface area contributed by atoms with E-state index in [0.717, 1.165) is 74.8 Å². The normalized spacial score (nSPS) is 20.4. The van der Waals surface area contributed by atoms with Crippen molar-refractivity contribution in [3.63, 3.8) is 0 Å². The first-order valence-electron chi connectivity index (χ1n) is 10.4. The summed E-state index contributed by atoms with van der Waals surface area (Å²) in [4.78, 5) is 21.8. The van der Waals surface area contributed by atoms with E-state index in [1.807, 2.05) is 24.3 Å². The van der Waals surface area contributed by atoms with Crippen LogP contribution < -0.4 is 10.6 Å². The molecule has 0 aliphatic carbocycles. The highest BCUT2D eigenvalue weighted by Crippen LogP contribution is 2.28. The molecule has 0 aromatic carbocycles. The third-order valence-corrected chi connectivity index (χ3v) is 5.92. The molecule has 29 heavy (non-hydrogen) atoms. The number of carbonyl (C=O) groups excluding carboxylic acids is 1. The van der Waals surface area contributed by atoms with Crippen LogP contribution in [0.25, 0.3) is 11.3 Å². The molecule has 7 heteroatoms. The van der Waals surface area contributed by atoms with Crippen molar-refractivity contribution in [2.24, 2.45) is 5.92 Å².